The average molecular weight is 380 g/mol. The Labute approximate surface area is 163 Å². The second kappa shape index (κ2) is 5.67. The molecule has 6 rings (SSSR count). The number of hydrogen-bond acceptors (Lipinski definition) is 5. The molecule has 1 aromatic rings. The molecule has 1 N–H and O–H groups in total. The van der Waals surface area contributed by atoms with E-state index in [9.17, 15) is 9.59 Å². The van der Waals surface area contributed by atoms with E-state index in [0.29, 0.717) is 25.9 Å². The second-order valence-electron chi connectivity index (χ2n) is 8.66. The van der Waals surface area contributed by atoms with Crippen LogP contribution in [0.4, 0.5) is 5.69 Å². The van der Waals surface area contributed by atoms with Crippen molar-refractivity contribution in [1.29, 1.82) is 0 Å². The number of benzene rings is 1. The summed E-state index contributed by atoms with van der Waals surface area (Å²) >= 11 is 0. The van der Waals surface area contributed by atoms with Gasteiger partial charge in [-0.3, -0.25) is 9.59 Å². The maximum absolute atomic E-state index is 13.8. The normalized spacial score (nSPS) is 38.2. The molecule has 28 heavy (non-hydrogen) atoms. The first-order valence-electron chi connectivity index (χ1n) is 10.2. The zero-order chi connectivity index (χ0) is 19.0. The Morgan fingerprint density at radius 1 is 1.29 bits per heavy atom. The topological polar surface area (TPSA) is 67.9 Å². The molecule has 4 aliphatic heterocycles. The summed E-state index contributed by atoms with van der Waals surface area (Å²) < 4.78 is 11.7. The van der Waals surface area contributed by atoms with Crippen molar-refractivity contribution in [3.05, 3.63) is 35.4 Å². The van der Waals surface area contributed by atoms with Gasteiger partial charge < -0.3 is 19.7 Å². The van der Waals surface area contributed by atoms with Crippen LogP contribution in [0.25, 0.3) is 0 Å². The lowest BCUT2D eigenvalue weighted by atomic mass is 9.55. The molecule has 1 amide bonds. The molecular formula is C22H24N2O4. The van der Waals surface area contributed by atoms with Gasteiger partial charge in [0.25, 0.3) is 0 Å². The highest BCUT2D eigenvalue weighted by Crippen LogP contribution is 2.60. The fraction of sp³-hybridized carbons (Fsp3) is 0.545. The van der Waals surface area contributed by atoms with Gasteiger partial charge in [0.05, 0.1) is 37.7 Å². The highest BCUT2D eigenvalue weighted by Gasteiger charge is 2.67. The minimum Gasteiger partial charge on any atom is -0.497 e. The molecule has 6 heteroatoms. The summed E-state index contributed by atoms with van der Waals surface area (Å²) in [5, 5.41) is 3.55. The summed E-state index contributed by atoms with van der Waals surface area (Å²) in [5.74, 6) is 1.37. The zero-order valence-electron chi connectivity index (χ0n) is 15.9. The first-order valence-corrected chi connectivity index (χ1v) is 10.2. The number of anilines is 1. The fourth-order valence-electron chi connectivity index (χ4n) is 6.57. The maximum Gasteiger partial charge on any atom is 0.229 e. The van der Waals surface area contributed by atoms with Gasteiger partial charge in [0.15, 0.2) is 0 Å². The molecule has 3 fully saturated rings. The molecule has 6 nitrogen and oxygen atoms in total. The summed E-state index contributed by atoms with van der Waals surface area (Å²) in [6, 6.07) is 5.68. The molecule has 2 saturated heterocycles. The lowest BCUT2D eigenvalue weighted by Gasteiger charge is -2.53. The first-order chi connectivity index (χ1) is 13.6. The van der Waals surface area contributed by atoms with E-state index < -0.39 is 5.41 Å². The van der Waals surface area contributed by atoms with Gasteiger partial charge in [-0.15, -0.1) is 0 Å². The van der Waals surface area contributed by atoms with Crippen LogP contribution >= 0.6 is 0 Å². The van der Waals surface area contributed by atoms with Gasteiger partial charge in [-0.25, -0.2) is 0 Å². The van der Waals surface area contributed by atoms with Crippen molar-refractivity contribution in [3.63, 3.8) is 0 Å². The van der Waals surface area contributed by atoms with Crippen LogP contribution in [0.2, 0.25) is 0 Å². The highest BCUT2D eigenvalue weighted by atomic mass is 16.5. The summed E-state index contributed by atoms with van der Waals surface area (Å²) in [4.78, 5) is 29.0. The SMILES string of the molecule is COc1ccc2c(c1)[C@@]13CCNCC4=CCO[C@H]5CC(=O)N2[C@H]1[C@H]5[C@H]4CC3=O. The molecule has 0 unspecified atom stereocenters. The number of carbonyl (C=O) groups excluding carboxylic acids is 2. The molecule has 0 aromatic heterocycles. The van der Waals surface area contributed by atoms with Crippen LogP contribution in [0.5, 0.6) is 5.75 Å². The number of rotatable bonds is 1. The predicted octanol–water partition coefficient (Wildman–Crippen LogP) is 1.58. The largest absolute Gasteiger partial charge is 0.497 e. The van der Waals surface area contributed by atoms with E-state index in [1.54, 1.807) is 7.11 Å². The highest BCUT2D eigenvalue weighted by molar-refractivity contribution is 6.06. The summed E-state index contributed by atoms with van der Waals surface area (Å²) in [5.41, 5.74) is 2.46. The van der Waals surface area contributed by atoms with Gasteiger partial charge in [-0.05, 0) is 42.6 Å². The quantitative estimate of drug-likeness (QED) is 0.750. The summed E-state index contributed by atoms with van der Waals surface area (Å²) in [6.45, 7) is 2.08. The molecule has 1 aromatic carbocycles. The van der Waals surface area contributed by atoms with Crippen molar-refractivity contribution < 1.29 is 19.1 Å². The lowest BCUT2D eigenvalue weighted by Crippen LogP contribution is -2.66. The molecule has 0 spiro atoms. The predicted molar refractivity (Wildman–Crippen MR) is 102 cm³/mol. The molecule has 0 radical (unpaired) electrons. The van der Waals surface area contributed by atoms with E-state index in [-0.39, 0.29) is 35.7 Å². The second-order valence-corrected chi connectivity index (χ2v) is 8.66. The third-order valence-electron chi connectivity index (χ3n) is 7.69. The minimum atomic E-state index is -0.671. The Morgan fingerprint density at radius 2 is 2.18 bits per heavy atom. The monoisotopic (exact) mass is 380 g/mol. The van der Waals surface area contributed by atoms with E-state index in [1.807, 2.05) is 23.1 Å². The Balaban J connectivity index is 1.65. The Kier molecular flexibility index (Phi) is 3.39. The van der Waals surface area contributed by atoms with Crippen LogP contribution < -0.4 is 15.0 Å². The number of amides is 1. The van der Waals surface area contributed by atoms with E-state index in [1.165, 1.54) is 5.57 Å². The molecular weight excluding hydrogens is 356 g/mol. The fourth-order valence-corrected chi connectivity index (χ4v) is 6.57. The molecule has 4 bridgehead atoms. The van der Waals surface area contributed by atoms with E-state index in [2.05, 4.69) is 11.4 Å². The van der Waals surface area contributed by atoms with Crippen molar-refractivity contribution in [2.24, 2.45) is 11.8 Å². The number of carbonyl (C=O) groups is 2. The van der Waals surface area contributed by atoms with Gasteiger partial charge >= 0.3 is 0 Å². The van der Waals surface area contributed by atoms with Gasteiger partial charge in [-0.2, -0.15) is 0 Å². The van der Waals surface area contributed by atoms with Gasteiger partial charge in [0, 0.05) is 24.6 Å². The Hall–Kier alpha value is -2.18. The van der Waals surface area contributed by atoms with Crippen LogP contribution in [-0.2, 0) is 19.7 Å². The van der Waals surface area contributed by atoms with Gasteiger partial charge in [0.1, 0.15) is 11.5 Å². The summed E-state index contributed by atoms with van der Waals surface area (Å²) in [7, 11) is 1.64. The Morgan fingerprint density at radius 3 is 3.04 bits per heavy atom. The van der Waals surface area contributed by atoms with Crippen LogP contribution in [0, 0.1) is 11.8 Å². The van der Waals surface area contributed by atoms with Gasteiger partial charge in [-0.1, -0.05) is 11.6 Å². The van der Waals surface area contributed by atoms with Crippen LogP contribution in [0.1, 0.15) is 24.8 Å². The lowest BCUT2D eigenvalue weighted by molar-refractivity contribution is -0.140. The third kappa shape index (κ3) is 1.90. The van der Waals surface area contributed by atoms with Crippen molar-refractivity contribution in [2.75, 3.05) is 31.7 Å². The number of piperidine rings is 1. The molecule has 5 aliphatic rings. The minimum absolute atomic E-state index is 0.0728. The number of Topliss-reactive ketones (excluding diaryl/α,β-unsaturated/α-hetero) is 1. The standard InChI is InChI=1S/C22H24N2O4/c1-27-13-2-3-16-15(8-13)22-5-6-23-11-12-4-7-28-17-10-19(26)24(16)21(22)20(17)14(12)9-18(22)25/h2-4,8,14,17,20-21,23H,5-7,9-11H2,1H3/t14-,17-,20-,21-,22+/m0/s1. The number of nitrogens with zero attached hydrogens (tertiary/aromatic N) is 1. The number of nitrogens with one attached hydrogen (secondary N) is 1. The average Bonchev–Trinajstić information content (AvgIpc) is 2.95. The van der Waals surface area contributed by atoms with Crippen LogP contribution in [0.15, 0.2) is 29.8 Å². The number of hydrogen-bond donors (Lipinski definition) is 1. The number of ketones is 1. The number of ether oxygens (including phenoxy) is 2. The van der Waals surface area contributed by atoms with Crippen LogP contribution in [0.3, 0.4) is 0 Å². The molecule has 146 valence electrons. The zero-order valence-corrected chi connectivity index (χ0v) is 15.9. The number of methoxy groups -OCH3 is 1. The maximum atomic E-state index is 13.8. The number of fused-ring (bicyclic) bond motifs is 2. The van der Waals surface area contributed by atoms with Crippen molar-refractivity contribution in [3.8, 4) is 5.75 Å². The summed E-state index contributed by atoms with van der Waals surface area (Å²) in [6.07, 6.45) is 3.65. The smallest absolute Gasteiger partial charge is 0.229 e. The van der Waals surface area contributed by atoms with Crippen LogP contribution in [-0.4, -0.2) is 50.6 Å². The van der Waals surface area contributed by atoms with Gasteiger partial charge in [0.2, 0.25) is 5.91 Å². The third-order valence-corrected chi connectivity index (χ3v) is 7.69. The molecule has 5 atom stereocenters. The van der Waals surface area contributed by atoms with E-state index in [4.69, 9.17) is 9.47 Å². The molecule has 1 aliphatic carbocycles. The van der Waals surface area contributed by atoms with E-state index >= 15 is 0 Å². The Bertz CT molecular complexity index is 925. The van der Waals surface area contributed by atoms with E-state index in [0.717, 1.165) is 30.1 Å². The van der Waals surface area contributed by atoms with Crippen molar-refractivity contribution in [2.45, 2.75) is 36.8 Å². The van der Waals surface area contributed by atoms with Crippen molar-refractivity contribution >= 4 is 17.4 Å². The van der Waals surface area contributed by atoms with Crippen molar-refractivity contribution in [1.82, 2.24) is 5.32 Å². The first kappa shape index (κ1) is 16.7. The molecule has 4 heterocycles. The molecule has 1 saturated carbocycles.